The first kappa shape index (κ1) is 28.2. The van der Waals surface area contributed by atoms with E-state index in [-0.39, 0.29) is 30.3 Å². The third-order valence-electron chi connectivity index (χ3n) is 9.59. The zero-order valence-corrected chi connectivity index (χ0v) is 24.1. The molecule has 3 aromatic rings. The van der Waals surface area contributed by atoms with Crippen LogP contribution in [0.2, 0.25) is 0 Å². The van der Waals surface area contributed by atoms with E-state index in [0.717, 1.165) is 63.5 Å². The van der Waals surface area contributed by atoms with Crippen molar-refractivity contribution in [2.24, 2.45) is 5.41 Å². The van der Waals surface area contributed by atoms with E-state index in [2.05, 4.69) is 35.1 Å². The molecule has 230 valence electrons. The Hall–Kier alpha value is -4.59. The monoisotopic (exact) mass is 604 g/mol. The maximum atomic E-state index is 15.0. The molecule has 44 heavy (non-hydrogen) atoms. The van der Waals surface area contributed by atoms with Crippen molar-refractivity contribution in [3.63, 3.8) is 0 Å². The van der Waals surface area contributed by atoms with Crippen molar-refractivity contribution in [3.8, 4) is 11.5 Å². The molecule has 7 rings (SSSR count). The number of hydrogen-bond acceptors (Lipinski definition) is 10. The molecule has 1 aromatic carbocycles. The molecule has 0 radical (unpaired) electrons. The van der Waals surface area contributed by atoms with Crippen LogP contribution in [0.1, 0.15) is 42.7 Å². The van der Waals surface area contributed by atoms with Gasteiger partial charge in [0.1, 0.15) is 5.82 Å². The van der Waals surface area contributed by atoms with Crippen LogP contribution >= 0.6 is 0 Å². The molecule has 5 heterocycles. The van der Waals surface area contributed by atoms with Gasteiger partial charge in [0.25, 0.3) is 0 Å². The Kier molecular flexibility index (Phi) is 7.15. The number of halogens is 1. The van der Waals surface area contributed by atoms with Crippen molar-refractivity contribution >= 4 is 35.0 Å². The summed E-state index contributed by atoms with van der Waals surface area (Å²) in [4.78, 5) is 51.7. The number of imide groups is 1. The summed E-state index contributed by atoms with van der Waals surface area (Å²) in [5.41, 5.74) is 2.60. The zero-order valence-electron chi connectivity index (χ0n) is 24.1. The SMILES string of the molecule is O=C1CCN(c2ccc(N3CCN(C4CC5(CCN(c6cnc(-c7cc(C(=O)O)on7)nc6)CC5)C4)CC3)cc2F)C(=O)N1. The summed E-state index contributed by atoms with van der Waals surface area (Å²) in [6.45, 7) is 5.53. The summed E-state index contributed by atoms with van der Waals surface area (Å²) < 4.78 is 19.8. The number of anilines is 3. The number of piperazine rings is 1. The van der Waals surface area contributed by atoms with Crippen molar-refractivity contribution in [1.82, 2.24) is 25.3 Å². The molecule has 1 aliphatic carbocycles. The van der Waals surface area contributed by atoms with E-state index in [1.807, 2.05) is 6.07 Å². The summed E-state index contributed by atoms with van der Waals surface area (Å²) in [5.74, 6) is -1.91. The maximum absolute atomic E-state index is 15.0. The molecule has 1 spiro atoms. The van der Waals surface area contributed by atoms with Crippen molar-refractivity contribution in [3.05, 3.63) is 48.2 Å². The highest BCUT2D eigenvalue weighted by Crippen LogP contribution is 2.51. The molecular formula is C30H33FN8O5. The Balaban J connectivity index is 0.878. The summed E-state index contributed by atoms with van der Waals surface area (Å²) >= 11 is 0. The number of nitrogens with zero attached hydrogens (tertiary/aromatic N) is 7. The fourth-order valence-corrected chi connectivity index (χ4v) is 6.99. The molecule has 4 aliphatic rings. The third kappa shape index (κ3) is 5.34. The van der Waals surface area contributed by atoms with E-state index in [0.29, 0.717) is 23.0 Å². The Morgan fingerprint density at radius 2 is 1.66 bits per heavy atom. The van der Waals surface area contributed by atoms with Gasteiger partial charge in [-0.05, 0) is 49.3 Å². The lowest BCUT2D eigenvalue weighted by Crippen LogP contribution is -2.59. The van der Waals surface area contributed by atoms with E-state index in [1.54, 1.807) is 18.5 Å². The van der Waals surface area contributed by atoms with Gasteiger partial charge in [-0.25, -0.2) is 23.9 Å². The molecule has 14 heteroatoms. The zero-order chi connectivity index (χ0) is 30.4. The predicted molar refractivity (Wildman–Crippen MR) is 157 cm³/mol. The summed E-state index contributed by atoms with van der Waals surface area (Å²) in [5, 5.41) is 15.0. The highest BCUT2D eigenvalue weighted by atomic mass is 19.1. The smallest absolute Gasteiger partial charge is 0.374 e. The third-order valence-corrected chi connectivity index (χ3v) is 9.59. The summed E-state index contributed by atoms with van der Waals surface area (Å²) in [7, 11) is 0. The topological polar surface area (TPSA) is 148 Å². The number of amides is 3. The molecule has 2 aromatic heterocycles. The van der Waals surface area contributed by atoms with Gasteiger partial charge in [-0.1, -0.05) is 5.16 Å². The van der Waals surface area contributed by atoms with Crippen molar-refractivity contribution in [2.75, 3.05) is 60.5 Å². The summed E-state index contributed by atoms with van der Waals surface area (Å²) in [6, 6.07) is 6.27. The normalized spacial score (nSPS) is 21.0. The lowest BCUT2D eigenvalue weighted by Gasteiger charge is -2.56. The molecular weight excluding hydrogens is 571 g/mol. The molecule has 0 unspecified atom stereocenters. The number of benzene rings is 1. The first-order valence-corrected chi connectivity index (χ1v) is 14.9. The van der Waals surface area contributed by atoms with E-state index in [1.165, 1.54) is 29.9 Å². The average Bonchev–Trinajstić information content (AvgIpc) is 3.52. The number of piperidine rings is 1. The van der Waals surface area contributed by atoms with E-state index in [4.69, 9.17) is 9.63 Å². The van der Waals surface area contributed by atoms with Crippen LogP contribution in [0.3, 0.4) is 0 Å². The molecule has 1 saturated carbocycles. The molecule has 13 nitrogen and oxygen atoms in total. The van der Waals surface area contributed by atoms with Gasteiger partial charge in [-0.15, -0.1) is 0 Å². The number of urea groups is 1. The van der Waals surface area contributed by atoms with Crippen LogP contribution in [0.5, 0.6) is 0 Å². The minimum absolute atomic E-state index is 0.156. The van der Waals surface area contributed by atoms with Crippen molar-refractivity contribution in [1.29, 1.82) is 0 Å². The number of carbonyl (C=O) groups is 3. The number of hydrogen-bond donors (Lipinski definition) is 2. The number of aromatic carboxylic acids is 1. The second kappa shape index (κ2) is 11.2. The van der Waals surface area contributed by atoms with E-state index in [9.17, 15) is 14.4 Å². The van der Waals surface area contributed by atoms with Crippen LogP contribution in [0, 0.1) is 11.2 Å². The fourth-order valence-electron chi connectivity index (χ4n) is 6.99. The number of rotatable bonds is 6. The Morgan fingerprint density at radius 1 is 0.955 bits per heavy atom. The van der Waals surface area contributed by atoms with Gasteiger partial charge >= 0.3 is 12.0 Å². The number of aromatic nitrogens is 3. The molecule has 4 fully saturated rings. The molecule has 3 saturated heterocycles. The van der Waals surface area contributed by atoms with Gasteiger partial charge in [0, 0.05) is 70.0 Å². The lowest BCUT2D eigenvalue weighted by atomic mass is 9.60. The second-order valence-corrected chi connectivity index (χ2v) is 12.1. The van der Waals surface area contributed by atoms with Crippen molar-refractivity contribution in [2.45, 2.75) is 38.1 Å². The van der Waals surface area contributed by atoms with E-state index < -0.39 is 17.8 Å². The molecule has 2 N–H and O–H groups in total. The van der Waals surface area contributed by atoms with Crippen LogP contribution in [0.4, 0.5) is 26.2 Å². The number of carboxylic acids is 1. The first-order chi connectivity index (χ1) is 21.3. The number of nitrogens with one attached hydrogen (secondary N) is 1. The fraction of sp³-hybridized carbons (Fsp3) is 0.467. The van der Waals surface area contributed by atoms with Gasteiger partial charge in [-0.3, -0.25) is 19.9 Å². The number of carbonyl (C=O) groups excluding carboxylic acids is 2. The molecule has 0 atom stereocenters. The quantitative estimate of drug-likeness (QED) is 0.428. The Bertz CT molecular complexity index is 1570. The highest BCUT2D eigenvalue weighted by molar-refractivity contribution is 6.05. The molecule has 0 bridgehead atoms. The van der Waals surface area contributed by atoms with Gasteiger partial charge in [0.2, 0.25) is 11.7 Å². The summed E-state index contributed by atoms with van der Waals surface area (Å²) in [6.07, 6.45) is 8.28. The van der Waals surface area contributed by atoms with Gasteiger partial charge < -0.3 is 19.4 Å². The first-order valence-electron chi connectivity index (χ1n) is 14.9. The second-order valence-electron chi connectivity index (χ2n) is 12.1. The van der Waals surface area contributed by atoms with Crippen molar-refractivity contribution < 1.29 is 28.4 Å². The van der Waals surface area contributed by atoms with Crippen LogP contribution in [0.25, 0.3) is 11.5 Å². The van der Waals surface area contributed by atoms with E-state index >= 15 is 4.39 Å². The van der Waals surface area contributed by atoms with Crippen LogP contribution in [0.15, 0.2) is 41.2 Å². The van der Waals surface area contributed by atoms with Crippen LogP contribution < -0.4 is 20.0 Å². The van der Waals surface area contributed by atoms with Crippen LogP contribution in [-0.4, -0.2) is 94.9 Å². The Labute approximate surface area is 252 Å². The Morgan fingerprint density at radius 3 is 2.30 bits per heavy atom. The molecule has 3 amide bonds. The largest absolute Gasteiger partial charge is 0.475 e. The van der Waals surface area contributed by atoms with Gasteiger partial charge in [0.05, 0.1) is 23.8 Å². The van der Waals surface area contributed by atoms with Gasteiger partial charge in [-0.2, -0.15) is 0 Å². The minimum atomic E-state index is -1.19. The molecule has 3 aliphatic heterocycles. The van der Waals surface area contributed by atoms with Crippen LogP contribution in [-0.2, 0) is 4.79 Å². The maximum Gasteiger partial charge on any atom is 0.374 e. The number of carboxylic acid groups (broad SMARTS) is 1. The standard InChI is InChI=1S/C30H33FN8O5/c31-22-13-19(1-2-24(22)39-6-3-26(40)34-29(39)43)37-9-11-38(12-10-37)20-15-30(16-20)4-7-36(8-5-30)21-17-32-27(33-18-21)23-14-25(28(41)42)44-35-23/h1-2,13-14,17-18,20H,3-12,15-16H2,(H,41,42)(H,34,40,43). The minimum Gasteiger partial charge on any atom is -0.475 e. The average molecular weight is 605 g/mol. The lowest BCUT2D eigenvalue weighted by molar-refractivity contribution is -0.120. The van der Waals surface area contributed by atoms with Gasteiger partial charge in [0.15, 0.2) is 11.5 Å². The predicted octanol–water partition coefficient (Wildman–Crippen LogP) is 2.99. The highest BCUT2D eigenvalue weighted by Gasteiger charge is 2.48.